The first-order valence-corrected chi connectivity index (χ1v) is 7.81. The van der Waals surface area contributed by atoms with Gasteiger partial charge in [0, 0.05) is 18.5 Å². The molecule has 0 atom stereocenters. The highest BCUT2D eigenvalue weighted by Gasteiger charge is 2.31. The maximum Gasteiger partial charge on any atom is 0.416 e. The van der Waals surface area contributed by atoms with Gasteiger partial charge >= 0.3 is 6.18 Å². The van der Waals surface area contributed by atoms with Crippen LogP contribution in [-0.2, 0) is 17.5 Å². The Labute approximate surface area is 141 Å². The van der Waals surface area contributed by atoms with Crippen LogP contribution in [-0.4, -0.2) is 53.1 Å². The number of hydrogen-bond donors (Lipinski definition) is 4. The van der Waals surface area contributed by atoms with Crippen molar-refractivity contribution in [3.63, 3.8) is 0 Å². The summed E-state index contributed by atoms with van der Waals surface area (Å²) in [6, 6.07) is 3.35. The van der Waals surface area contributed by atoms with Gasteiger partial charge in [-0.25, -0.2) is 0 Å². The van der Waals surface area contributed by atoms with Crippen LogP contribution < -0.4 is 16.0 Å². The number of aliphatic hydroxyl groups excluding tert-OH is 1. The molecule has 136 valence electrons. The molecule has 0 radical (unpaired) electrons. The SMILES string of the molecule is O=C(CNc1nn(CCO)c2ccc(C(F)(F)F)cc12)NC1CNC1. The Hall–Kier alpha value is -2.33. The number of nitrogens with one attached hydrogen (secondary N) is 3. The standard InChI is InChI=1S/C15H18F3N5O2/c16-15(17,18)9-1-2-12-11(5-9)14(22-23(12)3-4-24)20-8-13(25)21-10-6-19-7-10/h1-2,5,10,19,24H,3-4,6-8H2,(H,20,22)(H,21,25). The number of fused-ring (bicyclic) bond motifs is 1. The molecule has 1 aromatic heterocycles. The van der Waals surface area contributed by atoms with Crippen LogP contribution in [0.1, 0.15) is 5.56 Å². The van der Waals surface area contributed by atoms with Gasteiger partial charge in [-0.3, -0.25) is 9.48 Å². The normalized spacial score (nSPS) is 15.2. The first kappa shape index (κ1) is 17.5. The second kappa shape index (κ2) is 6.89. The molecule has 1 aliphatic rings. The first-order chi connectivity index (χ1) is 11.9. The molecule has 1 amide bonds. The van der Waals surface area contributed by atoms with Crippen molar-refractivity contribution in [1.29, 1.82) is 0 Å². The van der Waals surface area contributed by atoms with Crippen molar-refractivity contribution in [2.75, 3.05) is 31.6 Å². The zero-order valence-electron chi connectivity index (χ0n) is 13.2. The number of carbonyl (C=O) groups excluding carboxylic acids is 1. The van der Waals surface area contributed by atoms with Gasteiger partial charge < -0.3 is 21.1 Å². The minimum Gasteiger partial charge on any atom is -0.394 e. The third kappa shape index (κ3) is 3.85. The molecule has 0 unspecified atom stereocenters. The summed E-state index contributed by atoms with van der Waals surface area (Å²) in [5, 5.41) is 22.1. The van der Waals surface area contributed by atoms with Crippen molar-refractivity contribution < 1.29 is 23.1 Å². The van der Waals surface area contributed by atoms with Gasteiger partial charge in [0.15, 0.2) is 5.82 Å². The zero-order chi connectivity index (χ0) is 18.0. The van der Waals surface area contributed by atoms with E-state index in [9.17, 15) is 18.0 Å². The van der Waals surface area contributed by atoms with Crippen molar-refractivity contribution in [1.82, 2.24) is 20.4 Å². The van der Waals surface area contributed by atoms with Gasteiger partial charge in [0.05, 0.1) is 36.8 Å². The predicted molar refractivity (Wildman–Crippen MR) is 85.1 cm³/mol. The summed E-state index contributed by atoms with van der Waals surface area (Å²) in [6.07, 6.45) is -4.47. The van der Waals surface area contributed by atoms with E-state index in [4.69, 9.17) is 5.11 Å². The van der Waals surface area contributed by atoms with Gasteiger partial charge in [0.1, 0.15) is 0 Å². The lowest BCUT2D eigenvalue weighted by molar-refractivity contribution is -0.137. The summed E-state index contributed by atoms with van der Waals surface area (Å²) < 4.78 is 40.3. The number of alkyl halides is 3. The highest BCUT2D eigenvalue weighted by atomic mass is 19.4. The molecular weight excluding hydrogens is 339 g/mol. The maximum atomic E-state index is 12.9. The lowest BCUT2D eigenvalue weighted by atomic mass is 10.1. The summed E-state index contributed by atoms with van der Waals surface area (Å²) in [5.41, 5.74) is -0.343. The molecule has 1 aliphatic heterocycles. The smallest absolute Gasteiger partial charge is 0.394 e. The van der Waals surface area contributed by atoms with Crippen LogP contribution >= 0.6 is 0 Å². The highest BCUT2D eigenvalue weighted by Crippen LogP contribution is 2.33. The topological polar surface area (TPSA) is 91.2 Å². The van der Waals surface area contributed by atoms with Crippen molar-refractivity contribution in [2.24, 2.45) is 0 Å². The second-order valence-electron chi connectivity index (χ2n) is 5.80. The molecular formula is C15H18F3N5O2. The Bertz CT molecular complexity index is 770. The quantitative estimate of drug-likeness (QED) is 0.606. The highest BCUT2D eigenvalue weighted by molar-refractivity contribution is 5.92. The van der Waals surface area contributed by atoms with Crippen LogP contribution in [0.15, 0.2) is 18.2 Å². The fourth-order valence-corrected chi connectivity index (χ4v) is 2.58. The number of benzene rings is 1. The van der Waals surface area contributed by atoms with Crippen molar-refractivity contribution in [3.05, 3.63) is 23.8 Å². The number of rotatable bonds is 6. The number of anilines is 1. The van der Waals surface area contributed by atoms with E-state index in [1.54, 1.807) is 0 Å². The molecule has 4 N–H and O–H groups in total. The molecule has 0 bridgehead atoms. The first-order valence-electron chi connectivity index (χ1n) is 7.81. The Kier molecular flexibility index (Phi) is 4.82. The zero-order valence-corrected chi connectivity index (χ0v) is 13.2. The largest absolute Gasteiger partial charge is 0.416 e. The fourth-order valence-electron chi connectivity index (χ4n) is 2.58. The average molecular weight is 357 g/mol. The van der Waals surface area contributed by atoms with Crippen LogP contribution in [0.5, 0.6) is 0 Å². The molecule has 1 saturated heterocycles. The molecule has 1 fully saturated rings. The number of hydrogen-bond acceptors (Lipinski definition) is 5. The molecule has 0 aliphatic carbocycles. The third-order valence-electron chi connectivity index (χ3n) is 3.95. The van der Waals surface area contributed by atoms with Crippen molar-refractivity contribution in [2.45, 2.75) is 18.8 Å². The lowest BCUT2D eigenvalue weighted by Gasteiger charge is -2.27. The Morgan fingerprint density at radius 2 is 2.16 bits per heavy atom. The summed E-state index contributed by atoms with van der Waals surface area (Å²) in [6.45, 7) is 1.25. The predicted octanol–water partition coefficient (Wildman–Crippen LogP) is 0.547. The van der Waals surface area contributed by atoms with E-state index >= 15 is 0 Å². The average Bonchev–Trinajstić information content (AvgIpc) is 2.86. The Morgan fingerprint density at radius 1 is 1.40 bits per heavy atom. The summed E-state index contributed by atoms with van der Waals surface area (Å²) in [7, 11) is 0. The van der Waals surface area contributed by atoms with Crippen LogP contribution in [0, 0.1) is 0 Å². The molecule has 7 nitrogen and oxygen atoms in total. The van der Waals surface area contributed by atoms with Crippen LogP contribution in [0.4, 0.5) is 19.0 Å². The van der Waals surface area contributed by atoms with Crippen molar-refractivity contribution >= 4 is 22.6 Å². The Balaban J connectivity index is 1.82. The molecule has 25 heavy (non-hydrogen) atoms. The van der Waals surface area contributed by atoms with Crippen LogP contribution in [0.3, 0.4) is 0 Å². The molecule has 2 heterocycles. The fraction of sp³-hybridized carbons (Fsp3) is 0.467. The van der Waals surface area contributed by atoms with Gasteiger partial charge in [0.2, 0.25) is 5.91 Å². The molecule has 10 heteroatoms. The van der Waals surface area contributed by atoms with Crippen LogP contribution in [0.25, 0.3) is 10.9 Å². The van der Waals surface area contributed by atoms with E-state index in [0.29, 0.717) is 18.6 Å². The van der Waals surface area contributed by atoms with Gasteiger partial charge in [-0.05, 0) is 18.2 Å². The minimum atomic E-state index is -4.47. The van der Waals surface area contributed by atoms with E-state index in [1.165, 1.54) is 10.7 Å². The molecule has 2 aromatic rings. The minimum absolute atomic E-state index is 0.0785. The number of nitrogens with zero attached hydrogens (tertiary/aromatic N) is 2. The molecule has 3 rings (SSSR count). The molecule has 0 saturated carbocycles. The van der Waals surface area contributed by atoms with Gasteiger partial charge in [-0.15, -0.1) is 0 Å². The monoisotopic (exact) mass is 357 g/mol. The van der Waals surface area contributed by atoms with Gasteiger partial charge in [-0.1, -0.05) is 0 Å². The number of amides is 1. The van der Waals surface area contributed by atoms with E-state index in [-0.39, 0.29) is 42.8 Å². The Morgan fingerprint density at radius 3 is 2.76 bits per heavy atom. The number of aromatic nitrogens is 2. The van der Waals surface area contributed by atoms with E-state index < -0.39 is 11.7 Å². The second-order valence-corrected chi connectivity index (χ2v) is 5.80. The maximum absolute atomic E-state index is 12.9. The van der Waals surface area contributed by atoms with Crippen molar-refractivity contribution in [3.8, 4) is 0 Å². The van der Waals surface area contributed by atoms with Gasteiger partial charge in [-0.2, -0.15) is 18.3 Å². The number of halogens is 3. The van der Waals surface area contributed by atoms with Crippen LogP contribution in [0.2, 0.25) is 0 Å². The molecule has 1 aromatic carbocycles. The van der Waals surface area contributed by atoms with Gasteiger partial charge in [0.25, 0.3) is 0 Å². The summed E-state index contributed by atoms with van der Waals surface area (Å²) >= 11 is 0. The number of carbonyl (C=O) groups is 1. The molecule has 0 spiro atoms. The van der Waals surface area contributed by atoms with E-state index in [0.717, 1.165) is 12.1 Å². The lowest BCUT2D eigenvalue weighted by Crippen LogP contribution is -2.57. The number of aliphatic hydroxyl groups is 1. The van der Waals surface area contributed by atoms with E-state index in [2.05, 4.69) is 21.0 Å². The summed E-state index contributed by atoms with van der Waals surface area (Å²) in [4.78, 5) is 11.9. The summed E-state index contributed by atoms with van der Waals surface area (Å²) in [5.74, 6) is -0.0835. The third-order valence-corrected chi connectivity index (χ3v) is 3.95. The van der Waals surface area contributed by atoms with E-state index in [1.807, 2.05) is 0 Å².